The molecular weight excluding hydrogens is 178 g/mol. The molecule has 0 aliphatic carbocycles. The van der Waals surface area contributed by atoms with Gasteiger partial charge in [-0.1, -0.05) is 27.7 Å². The molecule has 3 nitrogen and oxygen atoms in total. The maximum absolute atomic E-state index is 10.7. The molecule has 0 saturated carbocycles. The van der Waals surface area contributed by atoms with Gasteiger partial charge in [0.2, 0.25) is 0 Å². The molecule has 0 aromatic carbocycles. The van der Waals surface area contributed by atoms with E-state index in [1.165, 1.54) is 0 Å². The Morgan fingerprint density at radius 2 is 1.92 bits per heavy atom. The number of carboxylic acid groups (broad SMARTS) is 1. The van der Waals surface area contributed by atoms with Gasteiger partial charge in [0.1, 0.15) is 6.04 Å². The maximum atomic E-state index is 10.7. The zero-order valence-electron chi connectivity index (χ0n) is 8.05. The Kier molecular flexibility index (Phi) is 6.39. The van der Waals surface area contributed by atoms with Crippen molar-refractivity contribution < 1.29 is 9.90 Å². The standard InChI is InChI=1S/C8H17NO2.ClH/c1-5-9-6(7(10)11)8(2,3)4;/h6,9H,5H2,1-4H3,(H,10,11);1H. The van der Waals surface area contributed by atoms with Crippen LogP contribution in [0.4, 0.5) is 0 Å². The van der Waals surface area contributed by atoms with Crippen molar-refractivity contribution in [1.82, 2.24) is 5.32 Å². The molecule has 0 rings (SSSR count). The summed E-state index contributed by atoms with van der Waals surface area (Å²) >= 11 is 0. The molecule has 0 amide bonds. The summed E-state index contributed by atoms with van der Waals surface area (Å²) in [5.41, 5.74) is -0.220. The number of nitrogens with one attached hydrogen (secondary N) is 1. The van der Waals surface area contributed by atoms with Gasteiger partial charge in [0.05, 0.1) is 0 Å². The van der Waals surface area contributed by atoms with Crippen molar-refractivity contribution in [1.29, 1.82) is 0 Å². The Morgan fingerprint density at radius 1 is 1.50 bits per heavy atom. The molecule has 0 heterocycles. The molecular formula is C8H18ClNO2. The number of likely N-dealkylation sites (N-methyl/N-ethyl adjacent to an activating group) is 1. The van der Waals surface area contributed by atoms with Gasteiger partial charge in [0.15, 0.2) is 0 Å². The summed E-state index contributed by atoms with van der Waals surface area (Å²) < 4.78 is 0. The third-order valence-corrected chi connectivity index (χ3v) is 1.52. The smallest absolute Gasteiger partial charge is 0.321 e. The molecule has 0 radical (unpaired) electrons. The van der Waals surface area contributed by atoms with Gasteiger partial charge in [0, 0.05) is 0 Å². The van der Waals surface area contributed by atoms with Crippen LogP contribution in [0.25, 0.3) is 0 Å². The van der Waals surface area contributed by atoms with Gasteiger partial charge in [-0.15, -0.1) is 12.4 Å². The van der Waals surface area contributed by atoms with E-state index in [2.05, 4.69) is 5.32 Å². The lowest BCUT2D eigenvalue weighted by atomic mass is 9.87. The van der Waals surface area contributed by atoms with E-state index in [0.29, 0.717) is 6.54 Å². The van der Waals surface area contributed by atoms with Crippen molar-refractivity contribution in [2.45, 2.75) is 33.7 Å². The molecule has 0 aliphatic heterocycles. The van der Waals surface area contributed by atoms with Crippen molar-refractivity contribution in [2.24, 2.45) is 5.41 Å². The van der Waals surface area contributed by atoms with Crippen LogP contribution >= 0.6 is 12.4 Å². The van der Waals surface area contributed by atoms with E-state index in [1.807, 2.05) is 27.7 Å². The van der Waals surface area contributed by atoms with Gasteiger partial charge in [-0.2, -0.15) is 0 Å². The van der Waals surface area contributed by atoms with Crippen molar-refractivity contribution in [3.05, 3.63) is 0 Å². The van der Waals surface area contributed by atoms with Crippen molar-refractivity contribution in [3.8, 4) is 0 Å². The van der Waals surface area contributed by atoms with Gasteiger partial charge in [-0.05, 0) is 12.0 Å². The molecule has 1 atom stereocenters. The molecule has 0 aliphatic rings. The summed E-state index contributed by atoms with van der Waals surface area (Å²) in [6.07, 6.45) is 0. The van der Waals surface area contributed by atoms with E-state index in [-0.39, 0.29) is 17.8 Å². The number of carboxylic acids is 1. The second kappa shape index (κ2) is 5.38. The van der Waals surface area contributed by atoms with E-state index < -0.39 is 12.0 Å². The summed E-state index contributed by atoms with van der Waals surface area (Å²) in [6, 6.07) is -0.451. The SMILES string of the molecule is CCNC(C(=O)O)C(C)(C)C.Cl. The highest BCUT2D eigenvalue weighted by Gasteiger charge is 2.29. The predicted molar refractivity (Wildman–Crippen MR) is 51.8 cm³/mol. The topological polar surface area (TPSA) is 49.3 Å². The minimum Gasteiger partial charge on any atom is -0.480 e. The van der Waals surface area contributed by atoms with Crippen LogP contribution in [0.2, 0.25) is 0 Å². The fourth-order valence-electron chi connectivity index (χ4n) is 0.968. The van der Waals surface area contributed by atoms with Crippen LogP contribution in [-0.2, 0) is 4.79 Å². The second-order valence-corrected chi connectivity index (χ2v) is 3.69. The molecule has 0 bridgehead atoms. The van der Waals surface area contributed by atoms with E-state index in [1.54, 1.807) is 0 Å². The molecule has 2 N–H and O–H groups in total. The van der Waals surface area contributed by atoms with Gasteiger partial charge in [0.25, 0.3) is 0 Å². The number of aliphatic carboxylic acids is 1. The number of carbonyl (C=O) groups is 1. The Bertz CT molecular complexity index is 142. The number of hydrogen-bond acceptors (Lipinski definition) is 2. The highest BCUT2D eigenvalue weighted by Crippen LogP contribution is 2.18. The third-order valence-electron chi connectivity index (χ3n) is 1.52. The van der Waals surface area contributed by atoms with E-state index in [0.717, 1.165) is 0 Å². The molecule has 1 unspecified atom stereocenters. The van der Waals surface area contributed by atoms with Crippen molar-refractivity contribution in [3.63, 3.8) is 0 Å². The van der Waals surface area contributed by atoms with E-state index in [9.17, 15) is 4.79 Å². The molecule has 74 valence electrons. The summed E-state index contributed by atoms with van der Waals surface area (Å²) in [5, 5.41) is 11.7. The molecule has 0 fully saturated rings. The maximum Gasteiger partial charge on any atom is 0.321 e. The van der Waals surface area contributed by atoms with Crippen LogP contribution in [0.3, 0.4) is 0 Å². The first-order chi connectivity index (χ1) is 4.89. The average molecular weight is 196 g/mol. The van der Waals surface area contributed by atoms with Crippen molar-refractivity contribution >= 4 is 18.4 Å². The number of rotatable bonds is 3. The largest absolute Gasteiger partial charge is 0.480 e. The van der Waals surface area contributed by atoms with Gasteiger partial charge < -0.3 is 10.4 Å². The summed E-state index contributed by atoms with van der Waals surface area (Å²) in [7, 11) is 0. The van der Waals surface area contributed by atoms with Crippen LogP contribution in [-0.4, -0.2) is 23.7 Å². The summed E-state index contributed by atoms with van der Waals surface area (Å²) in [6.45, 7) is 8.33. The molecule has 0 saturated heterocycles. The Morgan fingerprint density at radius 3 is 2.00 bits per heavy atom. The second-order valence-electron chi connectivity index (χ2n) is 3.69. The van der Waals surface area contributed by atoms with Gasteiger partial charge in [-0.3, -0.25) is 4.79 Å². The fourth-order valence-corrected chi connectivity index (χ4v) is 0.968. The van der Waals surface area contributed by atoms with Gasteiger partial charge in [-0.25, -0.2) is 0 Å². The van der Waals surface area contributed by atoms with Crippen LogP contribution in [0.1, 0.15) is 27.7 Å². The van der Waals surface area contributed by atoms with Crippen LogP contribution in [0.5, 0.6) is 0 Å². The first kappa shape index (κ1) is 14.3. The van der Waals surface area contributed by atoms with Gasteiger partial charge >= 0.3 is 5.97 Å². The lowest BCUT2D eigenvalue weighted by Crippen LogP contribution is -2.46. The Balaban J connectivity index is 0. The number of hydrogen-bond donors (Lipinski definition) is 2. The molecule has 4 heteroatoms. The Hall–Kier alpha value is -0.280. The van der Waals surface area contributed by atoms with E-state index >= 15 is 0 Å². The monoisotopic (exact) mass is 195 g/mol. The fraction of sp³-hybridized carbons (Fsp3) is 0.875. The van der Waals surface area contributed by atoms with Crippen LogP contribution in [0, 0.1) is 5.41 Å². The van der Waals surface area contributed by atoms with E-state index in [4.69, 9.17) is 5.11 Å². The summed E-state index contributed by atoms with van der Waals surface area (Å²) in [4.78, 5) is 10.7. The minimum absolute atomic E-state index is 0. The Labute approximate surface area is 80.0 Å². The van der Waals surface area contributed by atoms with Crippen molar-refractivity contribution in [2.75, 3.05) is 6.54 Å². The average Bonchev–Trinajstić information content (AvgIpc) is 1.79. The highest BCUT2D eigenvalue weighted by atomic mass is 35.5. The molecule has 0 aromatic heterocycles. The highest BCUT2D eigenvalue weighted by molar-refractivity contribution is 5.85. The molecule has 12 heavy (non-hydrogen) atoms. The van der Waals surface area contributed by atoms with Crippen LogP contribution < -0.4 is 5.32 Å². The van der Waals surface area contributed by atoms with Crippen LogP contribution in [0.15, 0.2) is 0 Å². The summed E-state index contributed by atoms with van der Waals surface area (Å²) in [5.74, 6) is -0.778. The zero-order valence-corrected chi connectivity index (χ0v) is 8.86. The predicted octanol–water partition coefficient (Wildman–Crippen LogP) is 1.52. The first-order valence-electron chi connectivity index (χ1n) is 3.85. The number of halogens is 1. The molecule has 0 aromatic rings. The lowest BCUT2D eigenvalue weighted by Gasteiger charge is -2.27. The quantitative estimate of drug-likeness (QED) is 0.718. The normalized spacial score (nSPS) is 13.3. The first-order valence-corrected chi connectivity index (χ1v) is 3.85. The third kappa shape index (κ3) is 4.57. The molecule has 0 spiro atoms. The lowest BCUT2D eigenvalue weighted by molar-refractivity contribution is -0.142. The minimum atomic E-state index is -0.778. The zero-order chi connectivity index (χ0) is 9.07.